The molecule has 0 spiro atoms. The minimum absolute atomic E-state index is 0.0460. The molecule has 1 aliphatic heterocycles. The molecule has 0 unspecified atom stereocenters. The number of benzene rings is 1. The number of aromatic nitrogens is 4. The van der Waals surface area contributed by atoms with Gasteiger partial charge in [-0.3, -0.25) is 4.79 Å². The Kier molecular flexibility index (Phi) is 5.61. The van der Waals surface area contributed by atoms with Crippen LogP contribution < -0.4 is 4.74 Å². The third kappa shape index (κ3) is 5.01. The van der Waals surface area contributed by atoms with Crippen LogP contribution in [-0.2, 0) is 11.2 Å². The van der Waals surface area contributed by atoms with Crippen LogP contribution in [0.5, 0.6) is 5.75 Å². The standard InChI is InChI=1S/C19H18F3N5O4/c1-11-15(25-31-24-11)10-16(28)27-7-5-12(6-8-27)18-23-17(26-30-18)13-3-2-4-14(9-13)29-19(20,21)22/h2-4,9,12H,5-8,10H2,1H3. The zero-order valence-corrected chi connectivity index (χ0v) is 16.4. The maximum absolute atomic E-state index is 12.5. The van der Waals surface area contributed by atoms with E-state index in [0.717, 1.165) is 0 Å². The highest BCUT2D eigenvalue weighted by atomic mass is 19.4. The van der Waals surface area contributed by atoms with Gasteiger partial charge in [-0.25, -0.2) is 4.63 Å². The highest BCUT2D eigenvalue weighted by Gasteiger charge is 2.31. The van der Waals surface area contributed by atoms with Crippen molar-refractivity contribution in [3.05, 3.63) is 41.5 Å². The SMILES string of the molecule is Cc1nonc1CC(=O)N1CCC(c2nc(-c3cccc(OC(F)(F)F)c3)no2)CC1. The second-order valence-electron chi connectivity index (χ2n) is 7.16. The summed E-state index contributed by atoms with van der Waals surface area (Å²) in [5.41, 5.74) is 1.46. The minimum atomic E-state index is -4.78. The number of carbonyl (C=O) groups excluding carboxylic acids is 1. The van der Waals surface area contributed by atoms with Crippen molar-refractivity contribution < 1.29 is 31.9 Å². The molecule has 0 saturated carbocycles. The second kappa shape index (κ2) is 8.36. The average Bonchev–Trinajstić information content (AvgIpc) is 3.37. The van der Waals surface area contributed by atoms with Gasteiger partial charge in [-0.2, -0.15) is 4.98 Å². The first-order valence-electron chi connectivity index (χ1n) is 9.54. The van der Waals surface area contributed by atoms with Crippen molar-refractivity contribution in [2.24, 2.45) is 0 Å². The average molecular weight is 437 g/mol. The molecule has 1 saturated heterocycles. The van der Waals surface area contributed by atoms with E-state index in [0.29, 0.717) is 48.8 Å². The normalized spacial score (nSPS) is 15.3. The fraction of sp³-hybridized carbons (Fsp3) is 0.421. The molecule has 2 aromatic heterocycles. The van der Waals surface area contributed by atoms with Crippen LogP contribution in [0.2, 0.25) is 0 Å². The summed E-state index contributed by atoms with van der Waals surface area (Å²) < 4.78 is 51.2. The lowest BCUT2D eigenvalue weighted by Crippen LogP contribution is -2.39. The van der Waals surface area contributed by atoms with Gasteiger partial charge in [0.25, 0.3) is 0 Å². The summed E-state index contributed by atoms with van der Waals surface area (Å²) in [6.07, 6.45) is -3.41. The summed E-state index contributed by atoms with van der Waals surface area (Å²) in [6, 6.07) is 5.38. The first kappa shape index (κ1) is 20.8. The molecule has 3 aromatic rings. The molecule has 0 aliphatic carbocycles. The zero-order chi connectivity index (χ0) is 22.0. The number of rotatable bonds is 5. The van der Waals surface area contributed by atoms with Gasteiger partial charge >= 0.3 is 6.36 Å². The first-order valence-corrected chi connectivity index (χ1v) is 9.54. The van der Waals surface area contributed by atoms with Gasteiger partial charge in [-0.05, 0) is 31.9 Å². The summed E-state index contributed by atoms with van der Waals surface area (Å²) in [7, 11) is 0. The molecule has 0 atom stereocenters. The number of likely N-dealkylation sites (tertiary alicyclic amines) is 1. The third-order valence-corrected chi connectivity index (χ3v) is 5.03. The Hall–Kier alpha value is -3.44. The molecule has 0 radical (unpaired) electrons. The number of nitrogens with zero attached hydrogens (tertiary/aromatic N) is 5. The molecule has 1 fully saturated rings. The van der Waals surface area contributed by atoms with Crippen LogP contribution in [0, 0.1) is 6.92 Å². The topological polar surface area (TPSA) is 107 Å². The summed E-state index contributed by atoms with van der Waals surface area (Å²) >= 11 is 0. The molecular formula is C19H18F3N5O4. The van der Waals surface area contributed by atoms with Gasteiger partial charge in [0.15, 0.2) is 0 Å². The quantitative estimate of drug-likeness (QED) is 0.599. The molecule has 0 bridgehead atoms. The Morgan fingerprint density at radius 2 is 2.00 bits per heavy atom. The lowest BCUT2D eigenvalue weighted by Gasteiger charge is -2.30. The highest BCUT2D eigenvalue weighted by molar-refractivity contribution is 5.78. The van der Waals surface area contributed by atoms with Gasteiger partial charge in [-0.1, -0.05) is 27.6 Å². The van der Waals surface area contributed by atoms with E-state index in [4.69, 9.17) is 4.52 Å². The summed E-state index contributed by atoms with van der Waals surface area (Å²) in [5, 5.41) is 11.3. The van der Waals surface area contributed by atoms with E-state index in [1.165, 1.54) is 18.2 Å². The van der Waals surface area contributed by atoms with E-state index < -0.39 is 6.36 Å². The van der Waals surface area contributed by atoms with Crippen LogP contribution in [0.1, 0.15) is 36.0 Å². The van der Waals surface area contributed by atoms with Gasteiger partial charge < -0.3 is 14.2 Å². The molecular weight excluding hydrogens is 419 g/mol. The van der Waals surface area contributed by atoms with Gasteiger partial charge in [0.2, 0.25) is 17.6 Å². The Bertz CT molecular complexity index is 1060. The van der Waals surface area contributed by atoms with Crippen LogP contribution in [0.25, 0.3) is 11.4 Å². The number of aryl methyl sites for hydroxylation is 1. The molecule has 12 heteroatoms. The number of ether oxygens (including phenoxy) is 1. The fourth-order valence-electron chi connectivity index (χ4n) is 3.39. The van der Waals surface area contributed by atoms with Crippen molar-refractivity contribution in [2.45, 2.75) is 38.5 Å². The van der Waals surface area contributed by atoms with Crippen molar-refractivity contribution in [1.29, 1.82) is 0 Å². The summed E-state index contributed by atoms with van der Waals surface area (Å²) in [6.45, 7) is 2.75. The predicted octanol–water partition coefficient (Wildman–Crippen LogP) is 3.28. The maximum Gasteiger partial charge on any atom is 0.573 e. The Morgan fingerprint density at radius 3 is 2.68 bits per heavy atom. The summed E-state index contributed by atoms with van der Waals surface area (Å²) in [4.78, 5) is 18.5. The summed E-state index contributed by atoms with van der Waals surface area (Å²) in [5.74, 6) is 0.0944. The van der Waals surface area contributed by atoms with E-state index >= 15 is 0 Å². The van der Waals surface area contributed by atoms with Crippen molar-refractivity contribution in [2.75, 3.05) is 13.1 Å². The van der Waals surface area contributed by atoms with Crippen molar-refractivity contribution in [1.82, 2.24) is 25.4 Å². The Balaban J connectivity index is 1.37. The van der Waals surface area contributed by atoms with Crippen molar-refractivity contribution >= 4 is 5.91 Å². The number of piperidine rings is 1. The zero-order valence-electron chi connectivity index (χ0n) is 16.4. The van der Waals surface area contributed by atoms with E-state index in [1.54, 1.807) is 17.9 Å². The van der Waals surface area contributed by atoms with Gasteiger partial charge in [0.05, 0.1) is 6.42 Å². The van der Waals surface area contributed by atoms with Crippen molar-refractivity contribution in [3.63, 3.8) is 0 Å². The molecule has 1 amide bonds. The molecule has 0 N–H and O–H groups in total. The molecule has 9 nitrogen and oxygen atoms in total. The smallest absolute Gasteiger partial charge is 0.406 e. The number of alkyl halides is 3. The second-order valence-corrected chi connectivity index (χ2v) is 7.16. The number of halogens is 3. The van der Waals surface area contributed by atoms with Gasteiger partial charge in [0.1, 0.15) is 17.1 Å². The van der Waals surface area contributed by atoms with E-state index in [1.807, 2.05) is 0 Å². The molecule has 31 heavy (non-hydrogen) atoms. The Labute approximate surface area is 174 Å². The molecule has 1 aromatic carbocycles. The largest absolute Gasteiger partial charge is 0.573 e. The van der Waals surface area contributed by atoms with Crippen LogP contribution in [0.15, 0.2) is 33.4 Å². The minimum Gasteiger partial charge on any atom is -0.406 e. The van der Waals surface area contributed by atoms with E-state index in [2.05, 4.69) is 29.8 Å². The lowest BCUT2D eigenvalue weighted by molar-refractivity contribution is -0.274. The van der Waals surface area contributed by atoms with Gasteiger partial charge in [-0.15, -0.1) is 13.2 Å². The molecule has 3 heterocycles. The molecule has 4 rings (SSSR count). The van der Waals surface area contributed by atoms with Crippen molar-refractivity contribution in [3.8, 4) is 17.1 Å². The van der Waals surface area contributed by atoms with E-state index in [9.17, 15) is 18.0 Å². The van der Waals surface area contributed by atoms with E-state index in [-0.39, 0.29) is 29.8 Å². The number of hydrogen-bond donors (Lipinski definition) is 0. The molecule has 164 valence electrons. The van der Waals surface area contributed by atoms with Crippen LogP contribution in [-0.4, -0.2) is 50.7 Å². The van der Waals surface area contributed by atoms with Gasteiger partial charge in [0, 0.05) is 24.6 Å². The van der Waals surface area contributed by atoms with Crippen LogP contribution in [0.3, 0.4) is 0 Å². The van der Waals surface area contributed by atoms with Crippen LogP contribution >= 0.6 is 0 Å². The third-order valence-electron chi connectivity index (χ3n) is 5.03. The first-order chi connectivity index (χ1) is 14.8. The highest BCUT2D eigenvalue weighted by Crippen LogP contribution is 2.30. The number of amides is 1. The molecule has 1 aliphatic rings. The number of hydrogen-bond acceptors (Lipinski definition) is 8. The predicted molar refractivity (Wildman–Crippen MR) is 97.7 cm³/mol. The fourth-order valence-corrected chi connectivity index (χ4v) is 3.39. The lowest BCUT2D eigenvalue weighted by atomic mass is 9.96. The monoisotopic (exact) mass is 437 g/mol. The maximum atomic E-state index is 12.5. The Morgan fingerprint density at radius 1 is 1.23 bits per heavy atom. The number of carbonyl (C=O) groups is 1. The van der Waals surface area contributed by atoms with Crippen LogP contribution in [0.4, 0.5) is 13.2 Å².